The van der Waals surface area contributed by atoms with Gasteiger partial charge in [0.1, 0.15) is 5.82 Å². The molecule has 1 aliphatic heterocycles. The fraction of sp³-hybridized carbons (Fsp3) is 0.333. The third kappa shape index (κ3) is 4.76. The molecule has 6 nitrogen and oxygen atoms in total. The van der Waals surface area contributed by atoms with Crippen molar-refractivity contribution in [3.63, 3.8) is 0 Å². The number of thioether (sulfide) groups is 1. The average Bonchev–Trinajstić information content (AvgIpc) is 3.03. The molecule has 0 atom stereocenters. The maximum atomic E-state index is 13.3. The van der Waals surface area contributed by atoms with Crippen LogP contribution in [0.1, 0.15) is 11.4 Å². The summed E-state index contributed by atoms with van der Waals surface area (Å²) in [5, 5.41) is 5.86. The Bertz CT molecular complexity index is 1090. The van der Waals surface area contributed by atoms with Gasteiger partial charge in [-0.25, -0.2) is 9.36 Å². The number of aryl methyl sites for hydroxylation is 1. The molecule has 0 unspecified atom stereocenters. The second-order valence-corrected chi connectivity index (χ2v) is 8.92. The molecule has 9 heteroatoms. The second kappa shape index (κ2) is 9.58. The van der Waals surface area contributed by atoms with Gasteiger partial charge in [-0.05, 0) is 36.8 Å². The fourth-order valence-electron chi connectivity index (χ4n) is 3.36. The molecule has 3 aromatic rings. The molecule has 4 rings (SSSR count). The van der Waals surface area contributed by atoms with E-state index in [-0.39, 0.29) is 5.69 Å². The van der Waals surface area contributed by atoms with Crippen LogP contribution >= 0.6 is 35.0 Å². The van der Waals surface area contributed by atoms with Crippen LogP contribution in [0, 0.1) is 6.92 Å². The van der Waals surface area contributed by atoms with Crippen LogP contribution in [0.25, 0.3) is 5.69 Å². The van der Waals surface area contributed by atoms with E-state index in [1.165, 1.54) is 16.4 Å². The van der Waals surface area contributed by atoms with E-state index in [1.54, 1.807) is 16.7 Å². The number of nitrogens with zero attached hydrogens (tertiary/aromatic N) is 4. The van der Waals surface area contributed by atoms with Gasteiger partial charge in [-0.3, -0.25) is 4.90 Å². The van der Waals surface area contributed by atoms with Crippen LogP contribution in [0.5, 0.6) is 0 Å². The summed E-state index contributed by atoms with van der Waals surface area (Å²) < 4.78 is 8.65. The predicted molar refractivity (Wildman–Crippen MR) is 121 cm³/mol. The fourth-order valence-corrected chi connectivity index (χ4v) is 4.77. The number of benzene rings is 2. The Morgan fingerprint density at radius 1 is 1.13 bits per heavy atom. The number of ether oxygens (including phenoxy) is 1. The molecular formula is C21H22Cl2N4O2S. The highest BCUT2D eigenvalue weighted by atomic mass is 35.5. The van der Waals surface area contributed by atoms with Gasteiger partial charge in [0, 0.05) is 23.0 Å². The van der Waals surface area contributed by atoms with Crippen molar-refractivity contribution in [2.24, 2.45) is 0 Å². The second-order valence-electron chi connectivity index (χ2n) is 7.06. The topological polar surface area (TPSA) is 52.3 Å². The highest BCUT2D eigenvalue weighted by Gasteiger charge is 2.19. The molecule has 158 valence electrons. The van der Waals surface area contributed by atoms with Crippen molar-refractivity contribution in [3.8, 4) is 5.69 Å². The van der Waals surface area contributed by atoms with E-state index < -0.39 is 0 Å². The summed E-state index contributed by atoms with van der Waals surface area (Å²) in [4.78, 5) is 16.4. The van der Waals surface area contributed by atoms with E-state index in [2.05, 4.69) is 10.00 Å². The first kappa shape index (κ1) is 21.5. The molecule has 0 aliphatic carbocycles. The van der Waals surface area contributed by atoms with Gasteiger partial charge in [0.2, 0.25) is 0 Å². The maximum Gasteiger partial charge on any atom is 0.351 e. The van der Waals surface area contributed by atoms with Gasteiger partial charge < -0.3 is 4.74 Å². The Balaban J connectivity index is 1.67. The molecule has 0 spiro atoms. The zero-order valence-electron chi connectivity index (χ0n) is 16.6. The minimum atomic E-state index is -0.145. The SMILES string of the molecule is Cc1ccccc1-n1c(CSc2ccc(Cl)cc2Cl)nn(CN2CCOCC2)c1=O. The van der Waals surface area contributed by atoms with Crippen molar-refractivity contribution >= 4 is 35.0 Å². The van der Waals surface area contributed by atoms with Crippen LogP contribution < -0.4 is 5.69 Å². The standard InChI is InChI=1S/C21H22Cl2N4O2S/c1-15-4-2-3-5-18(15)27-20(13-30-19-7-6-16(22)12-17(19)23)24-26(21(27)28)14-25-8-10-29-11-9-25/h2-7,12H,8-11,13-14H2,1H3. The average molecular weight is 465 g/mol. The normalized spacial score (nSPS) is 14.9. The Kier molecular flexibility index (Phi) is 6.85. The Morgan fingerprint density at radius 3 is 2.63 bits per heavy atom. The van der Waals surface area contributed by atoms with Crippen LogP contribution in [0.2, 0.25) is 10.0 Å². The molecule has 0 N–H and O–H groups in total. The van der Waals surface area contributed by atoms with E-state index >= 15 is 0 Å². The molecule has 0 radical (unpaired) electrons. The van der Waals surface area contributed by atoms with Crippen LogP contribution in [0.15, 0.2) is 52.2 Å². The lowest BCUT2D eigenvalue weighted by atomic mass is 10.2. The summed E-state index contributed by atoms with van der Waals surface area (Å²) in [6.07, 6.45) is 0. The molecule has 2 aromatic carbocycles. The van der Waals surface area contributed by atoms with Crippen LogP contribution in [0.3, 0.4) is 0 Å². The van der Waals surface area contributed by atoms with Gasteiger partial charge >= 0.3 is 5.69 Å². The minimum Gasteiger partial charge on any atom is -0.379 e. The molecule has 1 aromatic heterocycles. The molecule has 30 heavy (non-hydrogen) atoms. The lowest BCUT2D eigenvalue weighted by Gasteiger charge is -2.25. The summed E-state index contributed by atoms with van der Waals surface area (Å²) in [6.45, 7) is 5.35. The molecule has 1 fully saturated rings. The number of hydrogen-bond acceptors (Lipinski definition) is 5. The molecule has 0 saturated carbocycles. The predicted octanol–water partition coefficient (Wildman–Crippen LogP) is 4.23. The van der Waals surface area contributed by atoms with Gasteiger partial charge in [0.25, 0.3) is 0 Å². The van der Waals surface area contributed by atoms with Crippen molar-refractivity contribution in [2.75, 3.05) is 26.3 Å². The van der Waals surface area contributed by atoms with Gasteiger partial charge in [0.05, 0.1) is 36.3 Å². The molecule has 1 saturated heterocycles. The minimum absolute atomic E-state index is 0.145. The summed E-state index contributed by atoms with van der Waals surface area (Å²) in [7, 11) is 0. The quantitative estimate of drug-likeness (QED) is 0.510. The van der Waals surface area contributed by atoms with E-state index in [0.717, 1.165) is 29.2 Å². The van der Waals surface area contributed by atoms with Gasteiger partial charge in [-0.2, -0.15) is 9.78 Å². The van der Waals surface area contributed by atoms with Crippen molar-refractivity contribution in [2.45, 2.75) is 24.2 Å². The molecule has 2 heterocycles. The maximum absolute atomic E-state index is 13.3. The van der Waals surface area contributed by atoms with E-state index in [9.17, 15) is 4.79 Å². The number of halogens is 2. The number of hydrogen-bond donors (Lipinski definition) is 0. The van der Waals surface area contributed by atoms with Gasteiger partial charge in [-0.1, -0.05) is 41.4 Å². The first-order valence-electron chi connectivity index (χ1n) is 9.65. The van der Waals surface area contributed by atoms with Crippen molar-refractivity contribution in [3.05, 3.63) is 74.4 Å². The summed E-state index contributed by atoms with van der Waals surface area (Å²) in [5.41, 5.74) is 1.71. The van der Waals surface area contributed by atoms with Crippen LogP contribution in [-0.4, -0.2) is 45.6 Å². The number of morpholine rings is 1. The zero-order valence-corrected chi connectivity index (χ0v) is 18.9. The Hall–Kier alpha value is -1.77. The highest BCUT2D eigenvalue weighted by molar-refractivity contribution is 7.98. The molecule has 0 amide bonds. The smallest absolute Gasteiger partial charge is 0.351 e. The van der Waals surface area contributed by atoms with E-state index in [4.69, 9.17) is 27.9 Å². The first-order valence-corrected chi connectivity index (χ1v) is 11.4. The monoisotopic (exact) mass is 464 g/mol. The van der Waals surface area contributed by atoms with Crippen molar-refractivity contribution in [1.29, 1.82) is 0 Å². The van der Waals surface area contributed by atoms with Gasteiger partial charge in [-0.15, -0.1) is 11.8 Å². The van der Waals surface area contributed by atoms with E-state index in [0.29, 0.717) is 41.5 Å². The number of rotatable bonds is 6. The summed E-state index contributed by atoms with van der Waals surface area (Å²) in [5.74, 6) is 1.18. The Morgan fingerprint density at radius 2 is 1.90 bits per heavy atom. The zero-order chi connectivity index (χ0) is 21.1. The van der Waals surface area contributed by atoms with Crippen molar-refractivity contribution in [1.82, 2.24) is 19.2 Å². The lowest BCUT2D eigenvalue weighted by Crippen LogP contribution is -2.40. The summed E-state index contributed by atoms with van der Waals surface area (Å²) in [6, 6.07) is 13.2. The first-order chi connectivity index (χ1) is 14.5. The lowest BCUT2D eigenvalue weighted by molar-refractivity contribution is 0.0206. The summed E-state index contributed by atoms with van der Waals surface area (Å²) >= 11 is 13.9. The van der Waals surface area contributed by atoms with Crippen LogP contribution in [-0.2, 0) is 17.2 Å². The third-order valence-electron chi connectivity index (χ3n) is 4.95. The van der Waals surface area contributed by atoms with E-state index in [1.807, 2.05) is 37.3 Å². The number of aromatic nitrogens is 3. The molecular weight excluding hydrogens is 443 g/mol. The van der Waals surface area contributed by atoms with Crippen LogP contribution in [0.4, 0.5) is 0 Å². The van der Waals surface area contributed by atoms with Gasteiger partial charge in [0.15, 0.2) is 0 Å². The Labute approximate surface area is 189 Å². The molecule has 1 aliphatic rings. The third-order valence-corrected chi connectivity index (χ3v) is 6.68. The largest absolute Gasteiger partial charge is 0.379 e. The molecule has 0 bridgehead atoms. The number of para-hydroxylation sites is 1. The van der Waals surface area contributed by atoms with Crippen molar-refractivity contribution < 1.29 is 4.74 Å². The highest BCUT2D eigenvalue weighted by Crippen LogP contribution is 2.31.